The van der Waals surface area contributed by atoms with Gasteiger partial charge in [0.05, 0.1) is 31.1 Å². The standard InChI is InChI=1S/C34H33F3N2O6S/c1-33(2,23-44-21-24-11-5-3-6-12-24)30(45-22-25-13-7-4-8-14-25)32(41)38-28-15-9-10-16-29(28)46(42,43)39-31(40)26-17-19-27(20-18-26)34(35,36)37/h3-20,30H,21-23H2,1-2H3,(H,38,41)(H,39,40). The molecule has 0 heterocycles. The highest BCUT2D eigenvalue weighted by molar-refractivity contribution is 7.90. The molecule has 0 aliphatic rings. The van der Waals surface area contributed by atoms with E-state index in [0.29, 0.717) is 18.7 Å². The number of amides is 2. The van der Waals surface area contributed by atoms with E-state index in [1.165, 1.54) is 24.3 Å². The van der Waals surface area contributed by atoms with Crippen LogP contribution in [0.25, 0.3) is 0 Å². The minimum Gasteiger partial charge on any atom is -0.376 e. The molecule has 0 aromatic heterocycles. The van der Waals surface area contributed by atoms with Crippen LogP contribution in [-0.4, -0.2) is 32.9 Å². The van der Waals surface area contributed by atoms with Crippen LogP contribution in [0.15, 0.2) is 114 Å². The van der Waals surface area contributed by atoms with Gasteiger partial charge in [0.25, 0.3) is 21.8 Å². The van der Waals surface area contributed by atoms with Gasteiger partial charge in [0, 0.05) is 11.0 Å². The average Bonchev–Trinajstić information content (AvgIpc) is 3.01. The first-order chi connectivity index (χ1) is 21.8. The van der Waals surface area contributed by atoms with Crippen LogP contribution in [0.1, 0.15) is 40.9 Å². The Morgan fingerprint density at radius 1 is 0.761 bits per heavy atom. The van der Waals surface area contributed by atoms with E-state index in [4.69, 9.17) is 9.47 Å². The summed E-state index contributed by atoms with van der Waals surface area (Å²) >= 11 is 0. The molecule has 46 heavy (non-hydrogen) atoms. The Labute approximate surface area is 265 Å². The van der Waals surface area contributed by atoms with E-state index in [0.717, 1.165) is 23.3 Å². The lowest BCUT2D eigenvalue weighted by Gasteiger charge is -2.33. The highest BCUT2D eigenvalue weighted by Gasteiger charge is 2.38. The first kappa shape index (κ1) is 34.4. The smallest absolute Gasteiger partial charge is 0.376 e. The van der Waals surface area contributed by atoms with Crippen molar-refractivity contribution in [2.75, 3.05) is 11.9 Å². The molecule has 4 aromatic rings. The number of nitrogens with one attached hydrogen (secondary N) is 2. The number of rotatable bonds is 13. The fourth-order valence-corrected chi connectivity index (χ4v) is 5.68. The van der Waals surface area contributed by atoms with Crippen molar-refractivity contribution in [1.82, 2.24) is 4.72 Å². The SMILES string of the molecule is CC(C)(COCc1ccccc1)C(OCc1ccccc1)C(=O)Nc1ccccc1S(=O)(=O)NC(=O)c1ccc(C(F)(F)F)cc1. The van der Waals surface area contributed by atoms with Gasteiger partial charge in [-0.25, -0.2) is 13.1 Å². The maximum absolute atomic E-state index is 13.8. The first-order valence-electron chi connectivity index (χ1n) is 14.2. The van der Waals surface area contributed by atoms with Gasteiger partial charge in [0.2, 0.25) is 0 Å². The van der Waals surface area contributed by atoms with Gasteiger partial charge in [0.15, 0.2) is 0 Å². The van der Waals surface area contributed by atoms with Gasteiger partial charge < -0.3 is 14.8 Å². The molecule has 12 heteroatoms. The summed E-state index contributed by atoms with van der Waals surface area (Å²) in [7, 11) is -4.59. The predicted octanol–water partition coefficient (Wildman–Crippen LogP) is 6.59. The Balaban J connectivity index is 1.53. The molecule has 242 valence electrons. The molecule has 0 saturated heterocycles. The van der Waals surface area contributed by atoms with Crippen LogP contribution in [-0.2, 0) is 43.7 Å². The van der Waals surface area contributed by atoms with Crippen molar-refractivity contribution in [2.45, 2.75) is 44.2 Å². The third kappa shape index (κ3) is 9.25. The molecule has 2 N–H and O–H groups in total. The van der Waals surface area contributed by atoms with Crippen molar-refractivity contribution >= 4 is 27.5 Å². The van der Waals surface area contributed by atoms with E-state index in [2.05, 4.69) is 5.32 Å². The van der Waals surface area contributed by atoms with Gasteiger partial charge in [-0.05, 0) is 47.5 Å². The molecule has 4 aromatic carbocycles. The van der Waals surface area contributed by atoms with Crippen LogP contribution >= 0.6 is 0 Å². The molecule has 0 bridgehead atoms. The molecule has 2 amide bonds. The highest BCUT2D eigenvalue weighted by atomic mass is 32.2. The van der Waals surface area contributed by atoms with Crippen molar-refractivity contribution in [3.05, 3.63) is 131 Å². The Morgan fingerprint density at radius 3 is 1.89 bits per heavy atom. The molecular formula is C34H33F3N2O6S. The lowest BCUT2D eigenvalue weighted by Crippen LogP contribution is -2.45. The number of sulfonamides is 1. The zero-order chi connectivity index (χ0) is 33.4. The number of para-hydroxylation sites is 1. The highest BCUT2D eigenvalue weighted by Crippen LogP contribution is 2.30. The van der Waals surface area contributed by atoms with Crippen molar-refractivity contribution in [1.29, 1.82) is 0 Å². The third-order valence-electron chi connectivity index (χ3n) is 6.93. The molecule has 4 rings (SSSR count). The first-order valence-corrected chi connectivity index (χ1v) is 15.7. The van der Waals surface area contributed by atoms with Crippen LogP contribution < -0.4 is 10.0 Å². The average molecular weight is 655 g/mol. The van der Waals surface area contributed by atoms with Crippen LogP contribution in [0.5, 0.6) is 0 Å². The monoisotopic (exact) mass is 654 g/mol. The summed E-state index contributed by atoms with van der Waals surface area (Å²) in [6.07, 6.45) is -5.73. The molecule has 8 nitrogen and oxygen atoms in total. The molecule has 1 atom stereocenters. The van der Waals surface area contributed by atoms with Gasteiger partial charge in [-0.3, -0.25) is 9.59 Å². The maximum Gasteiger partial charge on any atom is 0.416 e. The second kappa shape index (κ2) is 14.7. The van der Waals surface area contributed by atoms with Crippen molar-refractivity contribution in [3.63, 3.8) is 0 Å². The number of halogens is 3. The topological polar surface area (TPSA) is 111 Å². The van der Waals surface area contributed by atoms with E-state index in [1.54, 1.807) is 13.8 Å². The second-order valence-electron chi connectivity index (χ2n) is 11.1. The summed E-state index contributed by atoms with van der Waals surface area (Å²) in [6.45, 7) is 4.10. The van der Waals surface area contributed by atoms with Gasteiger partial charge in [-0.15, -0.1) is 0 Å². The Bertz CT molecular complexity index is 1730. The quantitative estimate of drug-likeness (QED) is 0.168. The number of hydrogen-bond acceptors (Lipinski definition) is 6. The molecule has 0 fully saturated rings. The summed E-state index contributed by atoms with van der Waals surface area (Å²) in [5, 5.41) is 2.63. The van der Waals surface area contributed by atoms with Gasteiger partial charge in [0.1, 0.15) is 11.0 Å². The normalized spacial score (nSPS) is 12.7. The lowest BCUT2D eigenvalue weighted by atomic mass is 9.86. The molecule has 0 aliphatic carbocycles. The zero-order valence-electron chi connectivity index (χ0n) is 25.1. The Hall–Kier alpha value is -4.52. The summed E-state index contributed by atoms with van der Waals surface area (Å²) in [5.74, 6) is -1.79. The molecule has 1 unspecified atom stereocenters. The second-order valence-corrected chi connectivity index (χ2v) is 12.8. The maximum atomic E-state index is 13.8. The molecule has 0 spiro atoms. The number of ether oxygens (including phenoxy) is 2. The van der Waals surface area contributed by atoms with Gasteiger partial charge in [-0.1, -0.05) is 86.6 Å². The summed E-state index contributed by atoms with van der Waals surface area (Å²) < 4.78 is 79.2. The fourth-order valence-electron chi connectivity index (χ4n) is 4.54. The summed E-state index contributed by atoms with van der Waals surface area (Å²) in [4.78, 5) is 26.1. The van der Waals surface area contributed by atoms with E-state index in [-0.39, 0.29) is 24.5 Å². The number of alkyl halides is 3. The Kier molecular flexibility index (Phi) is 11.0. The van der Waals surface area contributed by atoms with Crippen LogP contribution in [0.2, 0.25) is 0 Å². The Morgan fingerprint density at radius 2 is 1.30 bits per heavy atom. The number of anilines is 1. The number of benzene rings is 4. The lowest BCUT2D eigenvalue weighted by molar-refractivity contribution is -0.141. The summed E-state index contributed by atoms with van der Waals surface area (Å²) in [6, 6.07) is 27.2. The fraction of sp³-hybridized carbons (Fsp3) is 0.235. The van der Waals surface area contributed by atoms with Gasteiger partial charge >= 0.3 is 6.18 Å². The minimum atomic E-state index is -4.62. The predicted molar refractivity (Wildman–Crippen MR) is 166 cm³/mol. The number of hydrogen-bond donors (Lipinski definition) is 2. The summed E-state index contributed by atoms with van der Waals surface area (Å²) in [5.41, 5.74) is -0.549. The number of carbonyl (C=O) groups is 2. The number of carbonyl (C=O) groups excluding carboxylic acids is 2. The van der Waals surface area contributed by atoms with E-state index in [9.17, 15) is 31.2 Å². The van der Waals surface area contributed by atoms with Gasteiger partial charge in [-0.2, -0.15) is 13.2 Å². The third-order valence-corrected chi connectivity index (χ3v) is 8.32. The van der Waals surface area contributed by atoms with E-state index in [1.807, 2.05) is 65.4 Å². The van der Waals surface area contributed by atoms with E-state index >= 15 is 0 Å². The zero-order valence-corrected chi connectivity index (χ0v) is 25.9. The van der Waals surface area contributed by atoms with Crippen LogP contribution in [0, 0.1) is 5.41 Å². The van der Waals surface area contributed by atoms with Crippen molar-refractivity contribution in [2.24, 2.45) is 5.41 Å². The van der Waals surface area contributed by atoms with Crippen molar-refractivity contribution < 1.29 is 40.7 Å². The van der Waals surface area contributed by atoms with Crippen LogP contribution in [0.4, 0.5) is 18.9 Å². The minimum absolute atomic E-state index is 0.0875. The molecule has 0 aliphatic heterocycles. The van der Waals surface area contributed by atoms with Crippen molar-refractivity contribution in [3.8, 4) is 0 Å². The largest absolute Gasteiger partial charge is 0.416 e. The van der Waals surface area contributed by atoms with E-state index < -0.39 is 50.0 Å². The molecule has 0 radical (unpaired) electrons. The molecular weight excluding hydrogens is 621 g/mol. The molecule has 0 saturated carbocycles. The van der Waals surface area contributed by atoms with Crippen LogP contribution in [0.3, 0.4) is 0 Å².